The zero-order chi connectivity index (χ0) is 24.8. The van der Waals surface area contributed by atoms with Crippen molar-refractivity contribution in [3.63, 3.8) is 0 Å². The molecule has 180 valence electrons. The summed E-state index contributed by atoms with van der Waals surface area (Å²) in [5, 5.41) is 17.7. The molecule has 0 atom stereocenters. The lowest BCUT2D eigenvalue weighted by Crippen LogP contribution is -2.24. The Kier molecular flexibility index (Phi) is 8.40. The van der Waals surface area contributed by atoms with E-state index in [9.17, 15) is 9.59 Å². The topological polar surface area (TPSA) is 102 Å². The van der Waals surface area contributed by atoms with Gasteiger partial charge in [0, 0.05) is 23.1 Å². The summed E-state index contributed by atoms with van der Waals surface area (Å²) >= 11 is 14.5. The average molecular weight is 547 g/mol. The number of halogens is 2. The molecule has 0 saturated carbocycles. The Bertz CT molecular complexity index is 1340. The molecule has 0 spiro atoms. The second-order valence-corrected chi connectivity index (χ2v) is 9.81. The summed E-state index contributed by atoms with van der Waals surface area (Å²) in [7, 11) is 0. The number of carbonyl (C=O) groups excluding carboxylic acids is 2. The molecule has 2 heterocycles. The van der Waals surface area contributed by atoms with Gasteiger partial charge in [-0.25, -0.2) is 4.98 Å². The van der Waals surface area contributed by atoms with Crippen LogP contribution in [-0.2, 0) is 17.9 Å². The molecule has 0 aliphatic rings. The fourth-order valence-electron chi connectivity index (χ4n) is 3.13. The van der Waals surface area contributed by atoms with Crippen molar-refractivity contribution in [2.75, 3.05) is 11.1 Å². The van der Waals surface area contributed by atoms with Crippen LogP contribution in [0, 0.1) is 0 Å². The lowest BCUT2D eigenvalue weighted by atomic mass is 10.2. The van der Waals surface area contributed by atoms with Crippen LogP contribution < -0.4 is 10.6 Å². The van der Waals surface area contributed by atoms with E-state index in [1.165, 1.54) is 29.2 Å². The third-order valence-electron chi connectivity index (χ3n) is 4.85. The minimum absolute atomic E-state index is 0.147. The van der Waals surface area contributed by atoms with E-state index in [4.69, 9.17) is 23.2 Å². The van der Waals surface area contributed by atoms with Crippen LogP contribution in [0.3, 0.4) is 0 Å². The smallest absolute Gasteiger partial charge is 0.251 e. The van der Waals surface area contributed by atoms with Crippen molar-refractivity contribution in [1.29, 1.82) is 0 Å². The number of nitrogens with one attached hydrogen (secondary N) is 2. The lowest BCUT2D eigenvalue weighted by Gasteiger charge is -2.09. The molecule has 4 aromatic rings. The first kappa shape index (κ1) is 25.2. The van der Waals surface area contributed by atoms with E-state index >= 15 is 0 Å². The van der Waals surface area contributed by atoms with Crippen LogP contribution in [0.2, 0.25) is 10.0 Å². The largest absolute Gasteiger partial charge is 0.345 e. The van der Waals surface area contributed by atoms with Crippen LogP contribution in [0.15, 0.2) is 59.1 Å². The van der Waals surface area contributed by atoms with Gasteiger partial charge in [0.15, 0.2) is 16.1 Å². The van der Waals surface area contributed by atoms with E-state index < -0.39 is 0 Å². The fourth-order valence-corrected chi connectivity index (χ4v) is 4.99. The lowest BCUT2D eigenvalue weighted by molar-refractivity contribution is -0.113. The normalized spacial score (nSPS) is 10.8. The van der Waals surface area contributed by atoms with Crippen molar-refractivity contribution >= 4 is 63.2 Å². The van der Waals surface area contributed by atoms with Crippen molar-refractivity contribution in [2.24, 2.45) is 0 Å². The summed E-state index contributed by atoms with van der Waals surface area (Å²) in [6, 6.07) is 14.5. The molecular weight excluding hydrogens is 527 g/mol. The molecule has 0 saturated heterocycles. The number of nitrogens with zero attached hydrogens (tertiary/aromatic N) is 4. The molecule has 4 rings (SSSR count). The standard InChI is InChI=1S/C23H20Cl2N6O2S2/c1-2-31-19(11-26-21(33)15-8-9-16(24)17(25)10-15)29-30-23(31)35-13-20(32)28-22-27-18(12-34-22)14-6-4-3-5-7-14/h3-10,12H,2,11,13H2,1H3,(H,26,33)(H,27,28,32). The molecule has 8 nitrogen and oxygen atoms in total. The van der Waals surface area contributed by atoms with E-state index in [1.807, 2.05) is 47.2 Å². The van der Waals surface area contributed by atoms with Gasteiger partial charge in [-0.2, -0.15) is 0 Å². The Morgan fingerprint density at radius 2 is 1.89 bits per heavy atom. The molecule has 2 N–H and O–H groups in total. The van der Waals surface area contributed by atoms with Crippen LogP contribution in [0.25, 0.3) is 11.3 Å². The summed E-state index contributed by atoms with van der Waals surface area (Å²) < 4.78 is 1.85. The van der Waals surface area contributed by atoms with Crippen LogP contribution >= 0.6 is 46.3 Å². The second-order valence-electron chi connectivity index (χ2n) is 7.20. The van der Waals surface area contributed by atoms with Crippen LogP contribution in [-0.4, -0.2) is 37.3 Å². The predicted octanol–water partition coefficient (Wildman–Crippen LogP) is 5.39. The molecule has 0 aliphatic carbocycles. The number of thiazole rings is 1. The molecule has 0 aliphatic heterocycles. The maximum absolute atomic E-state index is 12.5. The molecule has 0 unspecified atom stereocenters. The Balaban J connectivity index is 1.32. The third-order valence-corrected chi connectivity index (χ3v) is 7.31. The number of benzene rings is 2. The Hall–Kier alpha value is -2.92. The monoisotopic (exact) mass is 546 g/mol. The van der Waals surface area contributed by atoms with Gasteiger partial charge in [-0.1, -0.05) is 65.3 Å². The molecule has 2 aromatic heterocycles. The Labute approximate surface area is 220 Å². The molecule has 0 radical (unpaired) electrons. The van der Waals surface area contributed by atoms with Gasteiger partial charge in [0.1, 0.15) is 0 Å². The molecule has 35 heavy (non-hydrogen) atoms. The number of thioether (sulfide) groups is 1. The second kappa shape index (κ2) is 11.7. The highest BCUT2D eigenvalue weighted by atomic mass is 35.5. The zero-order valence-corrected chi connectivity index (χ0v) is 21.6. The predicted molar refractivity (Wildman–Crippen MR) is 140 cm³/mol. The zero-order valence-electron chi connectivity index (χ0n) is 18.5. The summed E-state index contributed by atoms with van der Waals surface area (Å²) in [6.07, 6.45) is 0. The number of anilines is 1. The first-order chi connectivity index (χ1) is 16.9. The number of hydrogen-bond acceptors (Lipinski definition) is 7. The quantitative estimate of drug-likeness (QED) is 0.273. The maximum Gasteiger partial charge on any atom is 0.251 e. The first-order valence-corrected chi connectivity index (χ1v) is 13.2. The number of carbonyl (C=O) groups is 2. The van der Waals surface area contributed by atoms with E-state index in [-0.39, 0.29) is 24.1 Å². The number of hydrogen-bond donors (Lipinski definition) is 2. The highest BCUT2D eigenvalue weighted by molar-refractivity contribution is 7.99. The Morgan fingerprint density at radius 1 is 1.09 bits per heavy atom. The van der Waals surface area contributed by atoms with Crippen molar-refractivity contribution in [3.05, 3.63) is 75.3 Å². The van der Waals surface area contributed by atoms with Crippen molar-refractivity contribution < 1.29 is 9.59 Å². The molecular formula is C23H20Cl2N6O2S2. The van der Waals surface area contributed by atoms with Gasteiger partial charge in [0.25, 0.3) is 5.91 Å². The maximum atomic E-state index is 12.5. The van der Waals surface area contributed by atoms with Crippen LogP contribution in [0.4, 0.5) is 5.13 Å². The minimum Gasteiger partial charge on any atom is -0.345 e. The van der Waals surface area contributed by atoms with E-state index in [0.29, 0.717) is 38.3 Å². The van der Waals surface area contributed by atoms with E-state index in [1.54, 1.807) is 12.1 Å². The van der Waals surface area contributed by atoms with Gasteiger partial charge < -0.3 is 15.2 Å². The molecule has 2 aromatic carbocycles. The Morgan fingerprint density at radius 3 is 2.63 bits per heavy atom. The summed E-state index contributed by atoms with van der Waals surface area (Å²) in [5.41, 5.74) is 2.20. The fraction of sp³-hybridized carbons (Fsp3) is 0.174. The highest BCUT2D eigenvalue weighted by Crippen LogP contribution is 2.25. The molecule has 2 amide bonds. The molecule has 12 heteroatoms. The van der Waals surface area contributed by atoms with Crippen LogP contribution in [0.5, 0.6) is 0 Å². The number of aromatic nitrogens is 4. The van der Waals surface area contributed by atoms with Gasteiger partial charge >= 0.3 is 0 Å². The van der Waals surface area contributed by atoms with Gasteiger partial charge in [-0.15, -0.1) is 21.5 Å². The number of rotatable bonds is 9. The van der Waals surface area contributed by atoms with Crippen LogP contribution in [0.1, 0.15) is 23.1 Å². The van der Waals surface area contributed by atoms with E-state index in [0.717, 1.165) is 11.3 Å². The first-order valence-electron chi connectivity index (χ1n) is 10.5. The van der Waals surface area contributed by atoms with Gasteiger partial charge in [-0.3, -0.25) is 9.59 Å². The molecule has 0 fully saturated rings. The third kappa shape index (κ3) is 6.40. The van der Waals surface area contributed by atoms with E-state index in [2.05, 4.69) is 25.8 Å². The van der Waals surface area contributed by atoms with Gasteiger partial charge in [0.05, 0.1) is 28.0 Å². The summed E-state index contributed by atoms with van der Waals surface area (Å²) in [6.45, 7) is 2.70. The SMILES string of the molecule is CCn1c(CNC(=O)c2ccc(Cl)c(Cl)c2)nnc1SCC(=O)Nc1nc(-c2ccccc2)cs1. The van der Waals surface area contributed by atoms with Crippen molar-refractivity contribution in [2.45, 2.75) is 25.2 Å². The van der Waals surface area contributed by atoms with Gasteiger partial charge in [-0.05, 0) is 25.1 Å². The van der Waals surface area contributed by atoms with Crippen molar-refractivity contribution in [3.8, 4) is 11.3 Å². The number of amides is 2. The van der Waals surface area contributed by atoms with Crippen molar-refractivity contribution in [1.82, 2.24) is 25.1 Å². The highest BCUT2D eigenvalue weighted by Gasteiger charge is 2.16. The van der Waals surface area contributed by atoms with Gasteiger partial charge in [0.2, 0.25) is 5.91 Å². The average Bonchev–Trinajstić information content (AvgIpc) is 3.50. The summed E-state index contributed by atoms with van der Waals surface area (Å²) in [5.74, 6) is 0.232. The minimum atomic E-state index is -0.305. The summed E-state index contributed by atoms with van der Waals surface area (Å²) in [4.78, 5) is 29.4. The molecule has 0 bridgehead atoms.